The van der Waals surface area contributed by atoms with Gasteiger partial charge in [-0.2, -0.15) is 0 Å². The van der Waals surface area contributed by atoms with Crippen molar-refractivity contribution in [2.24, 2.45) is 0 Å². The standard InChI is InChI=1S/C12H13FN2OS/c1-8(9-2-4-10(13)5-3-9)15-11(16)6-7-14-12(15)17/h2-5,8H,6-7H2,1H3,(H,14,17). The number of carbonyl (C=O) groups excluding carboxylic acids is 1. The lowest BCUT2D eigenvalue weighted by molar-refractivity contribution is -0.129. The van der Waals surface area contributed by atoms with Crippen molar-refractivity contribution in [3.05, 3.63) is 35.6 Å². The topological polar surface area (TPSA) is 32.3 Å². The molecule has 1 saturated heterocycles. The van der Waals surface area contributed by atoms with E-state index in [0.717, 1.165) is 5.56 Å². The lowest BCUT2D eigenvalue weighted by Crippen LogP contribution is -2.50. The van der Waals surface area contributed by atoms with Gasteiger partial charge in [0.05, 0.1) is 6.04 Å². The Hall–Kier alpha value is -1.49. The van der Waals surface area contributed by atoms with E-state index in [1.165, 1.54) is 12.1 Å². The molecule has 5 heteroatoms. The van der Waals surface area contributed by atoms with Gasteiger partial charge in [-0.1, -0.05) is 12.1 Å². The predicted molar refractivity (Wildman–Crippen MR) is 66.9 cm³/mol. The summed E-state index contributed by atoms with van der Waals surface area (Å²) < 4.78 is 12.8. The Bertz CT molecular complexity index is 430. The molecule has 17 heavy (non-hydrogen) atoms. The molecule has 1 N–H and O–H groups in total. The number of halogens is 1. The van der Waals surface area contributed by atoms with Crippen molar-refractivity contribution in [3.63, 3.8) is 0 Å². The minimum Gasteiger partial charge on any atom is -0.362 e. The Labute approximate surface area is 105 Å². The normalized spacial score (nSPS) is 17.9. The second-order valence-corrected chi connectivity index (χ2v) is 4.36. The Kier molecular flexibility index (Phi) is 3.38. The third-order valence-electron chi connectivity index (χ3n) is 2.84. The summed E-state index contributed by atoms with van der Waals surface area (Å²) in [6, 6.07) is 5.94. The number of hydrogen-bond donors (Lipinski definition) is 1. The number of amides is 1. The molecule has 1 aromatic rings. The van der Waals surface area contributed by atoms with Crippen LogP contribution >= 0.6 is 12.2 Å². The summed E-state index contributed by atoms with van der Waals surface area (Å²) in [4.78, 5) is 13.4. The first-order valence-electron chi connectivity index (χ1n) is 5.45. The van der Waals surface area contributed by atoms with Gasteiger partial charge in [0.2, 0.25) is 5.91 Å². The third-order valence-corrected chi connectivity index (χ3v) is 3.18. The van der Waals surface area contributed by atoms with Gasteiger partial charge in [0.25, 0.3) is 0 Å². The van der Waals surface area contributed by atoms with E-state index in [-0.39, 0.29) is 17.8 Å². The van der Waals surface area contributed by atoms with Crippen molar-refractivity contribution in [1.29, 1.82) is 0 Å². The average molecular weight is 252 g/mol. The Morgan fingerprint density at radius 3 is 2.65 bits per heavy atom. The summed E-state index contributed by atoms with van der Waals surface area (Å²) in [5.41, 5.74) is 0.866. The molecule has 2 rings (SSSR count). The van der Waals surface area contributed by atoms with Crippen LogP contribution in [0.15, 0.2) is 24.3 Å². The van der Waals surface area contributed by atoms with Crippen molar-refractivity contribution in [2.75, 3.05) is 6.54 Å². The summed E-state index contributed by atoms with van der Waals surface area (Å²) in [5, 5.41) is 3.43. The van der Waals surface area contributed by atoms with Gasteiger partial charge < -0.3 is 5.32 Å². The third kappa shape index (κ3) is 2.44. The van der Waals surface area contributed by atoms with Gasteiger partial charge in [0.15, 0.2) is 5.11 Å². The van der Waals surface area contributed by atoms with E-state index in [1.54, 1.807) is 17.0 Å². The van der Waals surface area contributed by atoms with Crippen molar-refractivity contribution in [3.8, 4) is 0 Å². The van der Waals surface area contributed by atoms with Crippen LogP contribution in [0.2, 0.25) is 0 Å². The lowest BCUT2D eigenvalue weighted by Gasteiger charge is -2.33. The number of hydrogen-bond acceptors (Lipinski definition) is 2. The molecule has 1 heterocycles. The molecule has 0 aliphatic carbocycles. The average Bonchev–Trinajstić information content (AvgIpc) is 2.29. The molecular weight excluding hydrogens is 239 g/mol. The molecule has 0 saturated carbocycles. The highest BCUT2D eigenvalue weighted by atomic mass is 32.1. The minimum absolute atomic E-state index is 0.00516. The molecule has 1 aromatic carbocycles. The zero-order chi connectivity index (χ0) is 12.4. The molecule has 0 aromatic heterocycles. The fourth-order valence-electron chi connectivity index (χ4n) is 1.88. The summed E-state index contributed by atoms with van der Waals surface area (Å²) in [7, 11) is 0. The first-order valence-corrected chi connectivity index (χ1v) is 5.86. The van der Waals surface area contributed by atoms with Gasteiger partial charge >= 0.3 is 0 Å². The first-order chi connectivity index (χ1) is 8.09. The van der Waals surface area contributed by atoms with Crippen LogP contribution in [-0.4, -0.2) is 22.5 Å². The number of nitrogens with zero attached hydrogens (tertiary/aromatic N) is 1. The van der Waals surface area contributed by atoms with E-state index in [2.05, 4.69) is 5.32 Å². The molecule has 90 valence electrons. The fraction of sp³-hybridized carbons (Fsp3) is 0.333. The SMILES string of the molecule is CC(c1ccc(F)cc1)N1C(=O)CCNC1=S. The van der Waals surface area contributed by atoms with Crippen molar-refractivity contribution in [2.45, 2.75) is 19.4 Å². The number of nitrogens with one attached hydrogen (secondary N) is 1. The predicted octanol–water partition coefficient (Wildman–Crippen LogP) is 1.99. The molecule has 1 atom stereocenters. The molecule has 0 radical (unpaired) electrons. The molecule has 3 nitrogen and oxygen atoms in total. The Morgan fingerprint density at radius 2 is 2.06 bits per heavy atom. The molecular formula is C12H13FN2OS. The number of carbonyl (C=O) groups is 1. The van der Waals surface area contributed by atoms with Gasteiger partial charge in [-0.05, 0) is 36.8 Å². The van der Waals surface area contributed by atoms with E-state index in [1.807, 2.05) is 6.92 Å². The van der Waals surface area contributed by atoms with Crippen LogP contribution in [0.25, 0.3) is 0 Å². The van der Waals surface area contributed by atoms with Crippen LogP contribution < -0.4 is 5.32 Å². The molecule has 1 fully saturated rings. The number of benzene rings is 1. The van der Waals surface area contributed by atoms with Gasteiger partial charge in [-0.15, -0.1) is 0 Å². The Balaban J connectivity index is 2.23. The quantitative estimate of drug-likeness (QED) is 0.817. The molecule has 1 amide bonds. The van der Waals surface area contributed by atoms with Crippen LogP contribution in [0.5, 0.6) is 0 Å². The highest BCUT2D eigenvalue weighted by Crippen LogP contribution is 2.22. The second-order valence-electron chi connectivity index (χ2n) is 3.97. The molecule has 1 unspecified atom stereocenters. The zero-order valence-corrected chi connectivity index (χ0v) is 10.3. The van der Waals surface area contributed by atoms with Crippen LogP contribution in [0, 0.1) is 5.82 Å². The maximum atomic E-state index is 12.8. The molecule has 0 bridgehead atoms. The Morgan fingerprint density at radius 1 is 1.41 bits per heavy atom. The van der Waals surface area contributed by atoms with E-state index < -0.39 is 0 Å². The van der Waals surface area contributed by atoms with Gasteiger partial charge in [-0.3, -0.25) is 9.69 Å². The van der Waals surface area contributed by atoms with Crippen LogP contribution in [-0.2, 0) is 4.79 Å². The zero-order valence-electron chi connectivity index (χ0n) is 9.44. The van der Waals surface area contributed by atoms with Gasteiger partial charge in [0.1, 0.15) is 5.82 Å². The van der Waals surface area contributed by atoms with Crippen molar-refractivity contribution < 1.29 is 9.18 Å². The monoisotopic (exact) mass is 252 g/mol. The van der Waals surface area contributed by atoms with Crippen LogP contribution in [0.3, 0.4) is 0 Å². The largest absolute Gasteiger partial charge is 0.362 e. The van der Waals surface area contributed by atoms with E-state index in [4.69, 9.17) is 12.2 Å². The van der Waals surface area contributed by atoms with E-state index in [9.17, 15) is 9.18 Å². The number of rotatable bonds is 2. The fourth-order valence-corrected chi connectivity index (χ4v) is 2.24. The molecule has 1 aliphatic heterocycles. The summed E-state index contributed by atoms with van der Waals surface area (Å²) in [5.74, 6) is -0.280. The minimum atomic E-state index is -0.286. The summed E-state index contributed by atoms with van der Waals surface area (Å²) in [6.45, 7) is 2.47. The summed E-state index contributed by atoms with van der Waals surface area (Å²) >= 11 is 5.13. The first kappa shape index (κ1) is 12.0. The van der Waals surface area contributed by atoms with E-state index >= 15 is 0 Å². The molecule has 0 spiro atoms. The van der Waals surface area contributed by atoms with Gasteiger partial charge in [-0.25, -0.2) is 4.39 Å². The summed E-state index contributed by atoms with van der Waals surface area (Å²) in [6.07, 6.45) is 0.436. The van der Waals surface area contributed by atoms with Crippen molar-refractivity contribution in [1.82, 2.24) is 10.2 Å². The highest BCUT2D eigenvalue weighted by molar-refractivity contribution is 7.80. The smallest absolute Gasteiger partial charge is 0.231 e. The molecule has 1 aliphatic rings. The second kappa shape index (κ2) is 4.79. The maximum Gasteiger partial charge on any atom is 0.231 e. The van der Waals surface area contributed by atoms with Crippen molar-refractivity contribution >= 4 is 23.2 Å². The number of thiocarbonyl (C=S) groups is 1. The van der Waals surface area contributed by atoms with E-state index in [0.29, 0.717) is 18.1 Å². The maximum absolute atomic E-state index is 12.8. The van der Waals surface area contributed by atoms with Crippen LogP contribution in [0.4, 0.5) is 4.39 Å². The van der Waals surface area contributed by atoms with Crippen LogP contribution in [0.1, 0.15) is 24.9 Å². The highest BCUT2D eigenvalue weighted by Gasteiger charge is 2.28. The lowest BCUT2D eigenvalue weighted by atomic mass is 10.1. The van der Waals surface area contributed by atoms with Gasteiger partial charge in [0, 0.05) is 13.0 Å².